The molecule has 5 heteroatoms. The molecule has 4 nitrogen and oxygen atoms in total. The van der Waals surface area contributed by atoms with E-state index >= 15 is 0 Å². The van der Waals surface area contributed by atoms with Gasteiger partial charge in [0.1, 0.15) is 0 Å². The molecule has 0 bridgehead atoms. The van der Waals surface area contributed by atoms with Gasteiger partial charge in [-0.2, -0.15) is 0 Å². The van der Waals surface area contributed by atoms with Gasteiger partial charge in [0.15, 0.2) is 0 Å². The number of carbonyl (C=O) groups excluding carboxylic acids is 1. The van der Waals surface area contributed by atoms with Crippen molar-refractivity contribution >= 4 is 9.83 Å². The molecule has 2 aromatic rings. The molecule has 0 saturated carbocycles. The first-order valence-corrected chi connectivity index (χ1v) is 7.47. The molecule has 0 aliphatic carbocycles. The normalized spacial score (nSPS) is 11.8. The van der Waals surface area contributed by atoms with E-state index in [2.05, 4.69) is 10.1 Å². The van der Waals surface area contributed by atoms with Crippen LogP contribution in [0.1, 0.15) is 13.8 Å². The first kappa shape index (κ1) is 13.0. The number of rotatable bonds is 4. The number of aromatic nitrogens is 2. The van der Waals surface area contributed by atoms with Crippen molar-refractivity contribution in [3.05, 3.63) is 40.2 Å². The van der Waals surface area contributed by atoms with Crippen molar-refractivity contribution in [3.63, 3.8) is 0 Å². The standard InChI is InChI=1S/C8H5N2O.C5H7O.Au/c1-2-4-7(5-3-1)8-9-6-10-11-8;1-3-4-5(2)6;/h1-5H;4H,1-2H3;. The summed E-state index contributed by atoms with van der Waals surface area (Å²) in [5.41, 5.74) is 0.909. The summed E-state index contributed by atoms with van der Waals surface area (Å²) in [5.74, 6) is 0.577. The summed E-state index contributed by atoms with van der Waals surface area (Å²) in [5, 5.41) is 3.94. The molecular weight excluding hydrogens is 413 g/mol. The van der Waals surface area contributed by atoms with Crippen molar-refractivity contribution in [2.24, 2.45) is 0 Å². The first-order valence-electron chi connectivity index (χ1n) is 5.30. The number of ketones is 1. The number of allylic oxidation sites excluding steroid dienone is 2. The van der Waals surface area contributed by atoms with Gasteiger partial charge in [-0.05, 0) is 0 Å². The Labute approximate surface area is 114 Å². The SMILES string of the molecule is CC(=O)/C=[C](\C)[Au][c]1noc(-c2ccccc2)n1. The van der Waals surface area contributed by atoms with Gasteiger partial charge in [0.05, 0.1) is 0 Å². The maximum atomic E-state index is 10.9. The zero-order valence-electron chi connectivity index (χ0n) is 9.98. The van der Waals surface area contributed by atoms with Crippen molar-refractivity contribution < 1.29 is 29.1 Å². The fourth-order valence-electron chi connectivity index (χ4n) is 1.32. The van der Waals surface area contributed by atoms with Crippen molar-refractivity contribution in [3.8, 4) is 11.5 Å². The predicted molar refractivity (Wildman–Crippen MR) is 63.8 cm³/mol. The second kappa shape index (κ2) is 5.91. The molecule has 0 fully saturated rings. The number of carbonyl (C=O) groups is 1. The minimum absolute atomic E-state index is 0.0514. The second-order valence-electron chi connectivity index (χ2n) is 3.56. The number of hydrogen-bond acceptors (Lipinski definition) is 4. The molecule has 0 unspecified atom stereocenters. The average Bonchev–Trinajstić information content (AvgIpc) is 2.77. The zero-order chi connectivity index (χ0) is 13.0. The Morgan fingerprint density at radius 3 is 2.67 bits per heavy atom. The summed E-state index contributed by atoms with van der Waals surface area (Å²) in [6, 6.07) is 9.63. The van der Waals surface area contributed by atoms with Gasteiger partial charge in [-0.1, -0.05) is 0 Å². The van der Waals surface area contributed by atoms with Gasteiger partial charge in [-0.25, -0.2) is 0 Å². The van der Waals surface area contributed by atoms with Gasteiger partial charge < -0.3 is 0 Å². The zero-order valence-corrected chi connectivity index (χ0v) is 12.1. The van der Waals surface area contributed by atoms with E-state index < -0.39 is 19.8 Å². The van der Waals surface area contributed by atoms with Gasteiger partial charge in [0.25, 0.3) is 0 Å². The quantitative estimate of drug-likeness (QED) is 0.555. The van der Waals surface area contributed by atoms with Crippen LogP contribution in [-0.2, 0) is 24.5 Å². The van der Waals surface area contributed by atoms with E-state index in [9.17, 15) is 4.79 Å². The van der Waals surface area contributed by atoms with Crippen LogP contribution in [0.15, 0.2) is 44.7 Å². The molecular formula is C13H12AuN2O2. The summed E-state index contributed by atoms with van der Waals surface area (Å²) in [6.45, 7) is 3.46. The molecule has 18 heavy (non-hydrogen) atoms. The molecule has 0 atom stereocenters. The molecule has 0 aliphatic heterocycles. The molecule has 1 aromatic carbocycles. The maximum absolute atomic E-state index is 10.9. The van der Waals surface area contributed by atoms with Crippen LogP contribution in [-0.4, -0.2) is 15.9 Å². The predicted octanol–water partition coefficient (Wildman–Crippen LogP) is 1.94. The van der Waals surface area contributed by atoms with E-state index in [0.717, 1.165) is 9.35 Å². The molecule has 0 radical (unpaired) electrons. The summed E-state index contributed by atoms with van der Waals surface area (Å²) in [7, 11) is 0. The third kappa shape index (κ3) is 3.50. The molecule has 0 aliphatic rings. The molecule has 0 spiro atoms. The van der Waals surface area contributed by atoms with Crippen LogP contribution in [0.5, 0.6) is 0 Å². The molecule has 1 heterocycles. The van der Waals surface area contributed by atoms with Crippen LogP contribution in [0.3, 0.4) is 0 Å². The van der Waals surface area contributed by atoms with Gasteiger partial charge in [0.2, 0.25) is 0 Å². The van der Waals surface area contributed by atoms with Gasteiger partial charge >= 0.3 is 115 Å². The molecule has 97 valence electrons. The summed E-state index contributed by atoms with van der Waals surface area (Å²) >= 11 is -0.396. The van der Waals surface area contributed by atoms with Crippen molar-refractivity contribution in [1.29, 1.82) is 0 Å². The second-order valence-corrected chi connectivity index (χ2v) is 6.78. The van der Waals surface area contributed by atoms with E-state index in [1.54, 1.807) is 6.08 Å². The Kier molecular flexibility index (Phi) is 4.25. The number of benzene rings is 1. The van der Waals surface area contributed by atoms with E-state index in [1.165, 1.54) is 6.92 Å². The Balaban J connectivity index is 2.14. The third-order valence-electron chi connectivity index (χ3n) is 1.98. The van der Waals surface area contributed by atoms with E-state index in [1.807, 2.05) is 37.3 Å². The van der Waals surface area contributed by atoms with Crippen LogP contribution >= 0.6 is 0 Å². The van der Waals surface area contributed by atoms with Crippen LogP contribution in [0.25, 0.3) is 11.5 Å². The summed E-state index contributed by atoms with van der Waals surface area (Å²) in [4.78, 5) is 15.3. The topological polar surface area (TPSA) is 56.0 Å². The van der Waals surface area contributed by atoms with Gasteiger partial charge in [0, 0.05) is 0 Å². The third-order valence-corrected chi connectivity index (χ3v) is 4.08. The van der Waals surface area contributed by atoms with Crippen LogP contribution < -0.4 is 4.04 Å². The molecule has 1 aromatic heterocycles. The molecule has 0 saturated heterocycles. The molecule has 2 rings (SSSR count). The van der Waals surface area contributed by atoms with Crippen molar-refractivity contribution in [1.82, 2.24) is 10.1 Å². The van der Waals surface area contributed by atoms with Crippen molar-refractivity contribution in [2.45, 2.75) is 13.8 Å². The molecule has 0 amide bonds. The fourth-order valence-corrected chi connectivity index (χ4v) is 3.22. The van der Waals surface area contributed by atoms with E-state index in [4.69, 9.17) is 4.52 Å². The Morgan fingerprint density at radius 2 is 2.00 bits per heavy atom. The number of hydrogen-bond donors (Lipinski definition) is 0. The van der Waals surface area contributed by atoms with Gasteiger partial charge in [-0.3, -0.25) is 0 Å². The number of nitrogens with zero attached hydrogens (tertiary/aromatic N) is 2. The Bertz CT molecular complexity index is 576. The van der Waals surface area contributed by atoms with Gasteiger partial charge in [-0.15, -0.1) is 0 Å². The van der Waals surface area contributed by atoms with Crippen LogP contribution in [0.4, 0.5) is 0 Å². The molecule has 0 N–H and O–H groups in total. The van der Waals surface area contributed by atoms with Crippen LogP contribution in [0, 0.1) is 0 Å². The van der Waals surface area contributed by atoms with Crippen LogP contribution in [0.2, 0.25) is 0 Å². The minimum atomic E-state index is -0.396. The Hall–Kier alpha value is -1.49. The van der Waals surface area contributed by atoms with Crippen molar-refractivity contribution in [2.75, 3.05) is 0 Å². The summed E-state index contributed by atoms with van der Waals surface area (Å²) < 4.78 is 6.91. The Morgan fingerprint density at radius 1 is 1.28 bits per heavy atom. The van der Waals surface area contributed by atoms with E-state index in [0.29, 0.717) is 9.93 Å². The first-order chi connectivity index (χ1) is 8.65. The van der Waals surface area contributed by atoms with E-state index in [-0.39, 0.29) is 5.78 Å². The monoisotopic (exact) mass is 425 g/mol. The summed E-state index contributed by atoms with van der Waals surface area (Å²) in [6.07, 6.45) is 1.63. The fraction of sp³-hybridized carbons (Fsp3) is 0.154. The average molecular weight is 425 g/mol.